The molecule has 0 aliphatic carbocycles. The Kier molecular flexibility index (Phi) is 2.82. The number of hydrogen-bond donors (Lipinski definition) is 1. The molecule has 2 fully saturated rings. The van der Waals surface area contributed by atoms with Crippen LogP contribution < -0.4 is 5.32 Å². The summed E-state index contributed by atoms with van der Waals surface area (Å²) in [6.45, 7) is 7.32. The van der Waals surface area contributed by atoms with Crippen LogP contribution in [-0.4, -0.2) is 61.7 Å². The summed E-state index contributed by atoms with van der Waals surface area (Å²) in [5.41, 5.74) is 0.400. The molecule has 0 saturated carbocycles. The van der Waals surface area contributed by atoms with Crippen LogP contribution in [0.3, 0.4) is 0 Å². The van der Waals surface area contributed by atoms with Gasteiger partial charge in [-0.2, -0.15) is 0 Å². The lowest BCUT2D eigenvalue weighted by molar-refractivity contribution is 0.0438. The maximum Gasteiger partial charge on any atom is 0.0344 e. The van der Waals surface area contributed by atoms with Crippen LogP contribution in [0.15, 0.2) is 0 Å². The van der Waals surface area contributed by atoms with Crippen molar-refractivity contribution in [3.8, 4) is 0 Å². The standard InChI is InChI=1S/C11H23N3/c1-11(5-4-6-12-11)9-14-7-10(8-14)13(2)3/h10,12H,4-9H2,1-3H3. The number of likely N-dealkylation sites (N-methyl/N-ethyl adjacent to an activating group) is 1. The highest BCUT2D eigenvalue weighted by Gasteiger charge is 2.35. The zero-order chi connectivity index (χ0) is 10.2. The number of nitrogens with one attached hydrogen (secondary N) is 1. The molecule has 82 valence electrons. The van der Waals surface area contributed by atoms with Gasteiger partial charge < -0.3 is 10.2 Å². The van der Waals surface area contributed by atoms with E-state index in [-0.39, 0.29) is 0 Å². The number of rotatable bonds is 3. The maximum atomic E-state index is 3.62. The molecule has 3 nitrogen and oxygen atoms in total. The summed E-state index contributed by atoms with van der Waals surface area (Å²) in [5.74, 6) is 0. The second-order valence-corrected chi connectivity index (χ2v) is 5.40. The summed E-state index contributed by atoms with van der Waals surface area (Å²) >= 11 is 0. The predicted octanol–water partition coefficient (Wildman–Crippen LogP) is 0.374. The minimum absolute atomic E-state index is 0.400. The lowest BCUT2D eigenvalue weighted by Gasteiger charge is -2.46. The smallest absolute Gasteiger partial charge is 0.0344 e. The topological polar surface area (TPSA) is 18.5 Å². The fourth-order valence-electron chi connectivity index (χ4n) is 2.58. The van der Waals surface area contributed by atoms with E-state index in [9.17, 15) is 0 Å². The molecule has 2 aliphatic heterocycles. The third kappa shape index (κ3) is 2.10. The van der Waals surface area contributed by atoms with Crippen LogP contribution in [-0.2, 0) is 0 Å². The number of hydrogen-bond acceptors (Lipinski definition) is 3. The van der Waals surface area contributed by atoms with Gasteiger partial charge in [-0.05, 0) is 40.4 Å². The molecule has 0 aromatic heterocycles. The van der Waals surface area contributed by atoms with Gasteiger partial charge in [-0.3, -0.25) is 4.90 Å². The van der Waals surface area contributed by atoms with Crippen LogP contribution in [0.4, 0.5) is 0 Å². The Morgan fingerprint density at radius 1 is 1.43 bits per heavy atom. The molecule has 0 aromatic carbocycles. The largest absolute Gasteiger partial charge is 0.310 e. The first-order valence-corrected chi connectivity index (χ1v) is 5.73. The van der Waals surface area contributed by atoms with Gasteiger partial charge in [0.25, 0.3) is 0 Å². The fourth-order valence-corrected chi connectivity index (χ4v) is 2.58. The van der Waals surface area contributed by atoms with E-state index in [1.165, 1.54) is 39.0 Å². The van der Waals surface area contributed by atoms with E-state index in [1.807, 2.05) is 0 Å². The van der Waals surface area contributed by atoms with E-state index in [0.717, 1.165) is 6.04 Å². The van der Waals surface area contributed by atoms with E-state index in [1.54, 1.807) is 0 Å². The van der Waals surface area contributed by atoms with E-state index < -0.39 is 0 Å². The van der Waals surface area contributed by atoms with Crippen LogP contribution in [0.5, 0.6) is 0 Å². The number of likely N-dealkylation sites (tertiary alicyclic amines) is 1. The maximum absolute atomic E-state index is 3.62. The van der Waals surface area contributed by atoms with E-state index in [0.29, 0.717) is 5.54 Å². The molecule has 0 spiro atoms. The van der Waals surface area contributed by atoms with Gasteiger partial charge in [0.2, 0.25) is 0 Å². The first-order chi connectivity index (χ1) is 6.59. The second kappa shape index (κ2) is 3.80. The van der Waals surface area contributed by atoms with Crippen molar-refractivity contribution in [3.63, 3.8) is 0 Å². The first-order valence-electron chi connectivity index (χ1n) is 5.73. The lowest BCUT2D eigenvalue weighted by Crippen LogP contribution is -2.61. The molecular formula is C11H23N3. The van der Waals surface area contributed by atoms with Crippen LogP contribution in [0.2, 0.25) is 0 Å². The van der Waals surface area contributed by atoms with Crippen molar-refractivity contribution in [1.29, 1.82) is 0 Å². The van der Waals surface area contributed by atoms with Gasteiger partial charge in [-0.1, -0.05) is 0 Å². The molecule has 2 rings (SSSR count). The molecule has 1 unspecified atom stereocenters. The molecule has 0 radical (unpaired) electrons. The normalized spacial score (nSPS) is 35.1. The lowest BCUT2D eigenvalue weighted by atomic mass is 9.96. The molecule has 0 bridgehead atoms. The minimum atomic E-state index is 0.400. The van der Waals surface area contributed by atoms with Crippen molar-refractivity contribution in [2.24, 2.45) is 0 Å². The molecule has 14 heavy (non-hydrogen) atoms. The van der Waals surface area contributed by atoms with Crippen LogP contribution in [0.25, 0.3) is 0 Å². The Hall–Kier alpha value is -0.120. The summed E-state index contributed by atoms with van der Waals surface area (Å²) in [6, 6.07) is 0.792. The highest BCUT2D eigenvalue weighted by Crippen LogP contribution is 2.23. The Morgan fingerprint density at radius 2 is 2.14 bits per heavy atom. The van der Waals surface area contributed by atoms with E-state index >= 15 is 0 Å². The summed E-state index contributed by atoms with van der Waals surface area (Å²) in [7, 11) is 4.36. The van der Waals surface area contributed by atoms with Crippen molar-refractivity contribution < 1.29 is 0 Å². The van der Waals surface area contributed by atoms with Gasteiger partial charge in [-0.25, -0.2) is 0 Å². The van der Waals surface area contributed by atoms with Crippen molar-refractivity contribution in [1.82, 2.24) is 15.1 Å². The second-order valence-electron chi connectivity index (χ2n) is 5.40. The molecule has 2 heterocycles. The molecule has 0 aromatic rings. The van der Waals surface area contributed by atoms with Crippen LogP contribution in [0.1, 0.15) is 19.8 Å². The quantitative estimate of drug-likeness (QED) is 0.705. The van der Waals surface area contributed by atoms with E-state index in [4.69, 9.17) is 0 Å². The summed E-state index contributed by atoms with van der Waals surface area (Å²) in [4.78, 5) is 4.91. The first kappa shape index (κ1) is 10.4. The Morgan fingerprint density at radius 3 is 2.64 bits per heavy atom. The Bertz CT molecular complexity index is 191. The molecule has 2 aliphatic rings. The van der Waals surface area contributed by atoms with Crippen LogP contribution >= 0.6 is 0 Å². The zero-order valence-corrected chi connectivity index (χ0v) is 9.71. The Balaban J connectivity index is 1.73. The third-order valence-electron chi connectivity index (χ3n) is 3.70. The van der Waals surface area contributed by atoms with Crippen molar-refractivity contribution >= 4 is 0 Å². The van der Waals surface area contributed by atoms with Gasteiger partial charge in [0, 0.05) is 31.2 Å². The average molecular weight is 197 g/mol. The highest BCUT2D eigenvalue weighted by molar-refractivity contribution is 4.96. The van der Waals surface area contributed by atoms with Gasteiger partial charge in [0.1, 0.15) is 0 Å². The highest BCUT2D eigenvalue weighted by atomic mass is 15.3. The molecular weight excluding hydrogens is 174 g/mol. The summed E-state index contributed by atoms with van der Waals surface area (Å²) in [5, 5.41) is 3.62. The van der Waals surface area contributed by atoms with Gasteiger partial charge in [0.15, 0.2) is 0 Å². The minimum Gasteiger partial charge on any atom is -0.310 e. The van der Waals surface area contributed by atoms with Gasteiger partial charge in [0.05, 0.1) is 0 Å². The molecule has 0 amide bonds. The van der Waals surface area contributed by atoms with Gasteiger partial charge >= 0.3 is 0 Å². The third-order valence-corrected chi connectivity index (χ3v) is 3.70. The van der Waals surface area contributed by atoms with Gasteiger partial charge in [-0.15, -0.1) is 0 Å². The summed E-state index contributed by atoms with van der Waals surface area (Å²) < 4.78 is 0. The molecule has 1 N–H and O–H groups in total. The molecule has 3 heteroatoms. The van der Waals surface area contributed by atoms with E-state index in [2.05, 4.69) is 36.1 Å². The average Bonchev–Trinajstić information content (AvgIpc) is 2.44. The fraction of sp³-hybridized carbons (Fsp3) is 1.00. The van der Waals surface area contributed by atoms with Crippen LogP contribution in [0, 0.1) is 0 Å². The zero-order valence-electron chi connectivity index (χ0n) is 9.71. The Labute approximate surface area is 87.4 Å². The number of nitrogens with zero attached hydrogens (tertiary/aromatic N) is 2. The van der Waals surface area contributed by atoms with Crippen molar-refractivity contribution in [2.45, 2.75) is 31.3 Å². The monoisotopic (exact) mass is 197 g/mol. The SMILES string of the molecule is CN(C)C1CN(CC2(C)CCCN2)C1. The van der Waals surface area contributed by atoms with Crippen molar-refractivity contribution in [2.75, 3.05) is 40.3 Å². The predicted molar refractivity (Wildman–Crippen MR) is 59.6 cm³/mol. The van der Waals surface area contributed by atoms with Crippen molar-refractivity contribution in [3.05, 3.63) is 0 Å². The molecule has 1 atom stereocenters. The molecule has 2 saturated heterocycles. The summed E-state index contributed by atoms with van der Waals surface area (Å²) in [6.07, 6.45) is 2.69.